The molecule has 24 heavy (non-hydrogen) atoms. The van der Waals surface area contributed by atoms with E-state index >= 15 is 0 Å². The van der Waals surface area contributed by atoms with Crippen LogP contribution in [0, 0.1) is 11.8 Å². The van der Waals surface area contributed by atoms with Gasteiger partial charge in [0.1, 0.15) is 5.75 Å². The summed E-state index contributed by atoms with van der Waals surface area (Å²) in [4.78, 5) is 36.0. The number of amides is 2. The van der Waals surface area contributed by atoms with E-state index in [9.17, 15) is 14.4 Å². The SMILES string of the molecule is CN(C)C(=O)COc1ccc(NC(=O)[C@@H]2CC[C@H](C(=O)O)C2)cc1. The molecule has 0 saturated heterocycles. The highest BCUT2D eigenvalue weighted by Gasteiger charge is 2.33. The first kappa shape index (κ1) is 17.8. The minimum atomic E-state index is -0.834. The molecule has 1 aliphatic carbocycles. The molecule has 2 amide bonds. The summed E-state index contributed by atoms with van der Waals surface area (Å²) in [6, 6.07) is 6.73. The Morgan fingerprint density at radius 3 is 2.33 bits per heavy atom. The molecule has 0 aliphatic heterocycles. The monoisotopic (exact) mass is 334 g/mol. The van der Waals surface area contributed by atoms with Crippen molar-refractivity contribution in [2.75, 3.05) is 26.0 Å². The van der Waals surface area contributed by atoms with Crippen LogP contribution in [0.1, 0.15) is 19.3 Å². The van der Waals surface area contributed by atoms with Gasteiger partial charge in [-0.25, -0.2) is 0 Å². The summed E-state index contributed by atoms with van der Waals surface area (Å²) < 4.78 is 5.36. The van der Waals surface area contributed by atoms with Gasteiger partial charge >= 0.3 is 5.97 Å². The van der Waals surface area contributed by atoms with E-state index in [2.05, 4.69) is 5.32 Å². The van der Waals surface area contributed by atoms with Gasteiger partial charge in [0, 0.05) is 25.7 Å². The van der Waals surface area contributed by atoms with E-state index in [0.717, 1.165) is 0 Å². The van der Waals surface area contributed by atoms with Crippen molar-refractivity contribution in [3.8, 4) is 5.75 Å². The molecule has 0 spiro atoms. The molecule has 1 aromatic rings. The van der Waals surface area contributed by atoms with E-state index in [-0.39, 0.29) is 24.3 Å². The normalized spacial score (nSPS) is 19.6. The highest BCUT2D eigenvalue weighted by Crippen LogP contribution is 2.32. The summed E-state index contributed by atoms with van der Waals surface area (Å²) in [6.45, 7) is -0.0443. The molecule has 1 fully saturated rings. The van der Waals surface area contributed by atoms with Crippen LogP contribution in [-0.4, -0.2) is 48.5 Å². The zero-order valence-corrected chi connectivity index (χ0v) is 13.8. The lowest BCUT2D eigenvalue weighted by Crippen LogP contribution is -2.27. The zero-order valence-electron chi connectivity index (χ0n) is 13.8. The number of likely N-dealkylation sites (N-methyl/N-ethyl adjacent to an activating group) is 1. The lowest BCUT2D eigenvalue weighted by Gasteiger charge is -2.13. The van der Waals surface area contributed by atoms with Gasteiger partial charge in [-0.1, -0.05) is 0 Å². The fraction of sp³-hybridized carbons (Fsp3) is 0.471. The van der Waals surface area contributed by atoms with Crippen molar-refractivity contribution in [1.82, 2.24) is 4.90 Å². The number of nitrogens with one attached hydrogen (secondary N) is 1. The first-order valence-electron chi connectivity index (χ1n) is 7.83. The Kier molecular flexibility index (Phi) is 5.78. The fourth-order valence-electron chi connectivity index (χ4n) is 2.60. The first-order valence-corrected chi connectivity index (χ1v) is 7.83. The molecule has 1 aliphatic rings. The van der Waals surface area contributed by atoms with Crippen LogP contribution in [0.25, 0.3) is 0 Å². The van der Waals surface area contributed by atoms with Gasteiger partial charge in [0.25, 0.3) is 5.91 Å². The molecule has 0 bridgehead atoms. The molecule has 7 heteroatoms. The summed E-state index contributed by atoms with van der Waals surface area (Å²) in [5.74, 6) is -1.28. The second kappa shape index (κ2) is 7.81. The number of aliphatic carboxylic acids is 1. The second-order valence-corrected chi connectivity index (χ2v) is 6.14. The van der Waals surface area contributed by atoms with Gasteiger partial charge < -0.3 is 20.1 Å². The molecule has 2 N–H and O–H groups in total. The van der Waals surface area contributed by atoms with Crippen LogP contribution in [0.3, 0.4) is 0 Å². The number of carbonyl (C=O) groups is 3. The molecule has 1 saturated carbocycles. The Morgan fingerprint density at radius 1 is 1.17 bits per heavy atom. The van der Waals surface area contributed by atoms with Gasteiger partial charge in [-0.2, -0.15) is 0 Å². The van der Waals surface area contributed by atoms with Gasteiger partial charge in [0.2, 0.25) is 5.91 Å². The minimum Gasteiger partial charge on any atom is -0.484 e. The van der Waals surface area contributed by atoms with Crippen LogP contribution >= 0.6 is 0 Å². The molecular weight excluding hydrogens is 312 g/mol. The quantitative estimate of drug-likeness (QED) is 0.824. The van der Waals surface area contributed by atoms with Gasteiger partial charge in [-0.05, 0) is 43.5 Å². The summed E-state index contributed by atoms with van der Waals surface area (Å²) in [7, 11) is 3.31. The van der Waals surface area contributed by atoms with E-state index in [4.69, 9.17) is 9.84 Å². The predicted octanol–water partition coefficient (Wildman–Crippen LogP) is 1.59. The summed E-state index contributed by atoms with van der Waals surface area (Å²) in [5.41, 5.74) is 0.616. The third-order valence-electron chi connectivity index (χ3n) is 4.14. The molecule has 2 rings (SSSR count). The van der Waals surface area contributed by atoms with Gasteiger partial charge in [-0.15, -0.1) is 0 Å². The standard InChI is InChI=1S/C17H22N2O5/c1-19(2)15(20)10-24-14-7-5-13(6-8-14)18-16(21)11-3-4-12(9-11)17(22)23/h5-8,11-12H,3-4,9-10H2,1-2H3,(H,18,21)(H,22,23)/t11-,12+/m1/s1. The van der Waals surface area contributed by atoms with Crippen molar-refractivity contribution in [2.45, 2.75) is 19.3 Å². The topological polar surface area (TPSA) is 95.9 Å². The van der Waals surface area contributed by atoms with Crippen molar-refractivity contribution in [1.29, 1.82) is 0 Å². The number of hydrogen-bond donors (Lipinski definition) is 2. The second-order valence-electron chi connectivity index (χ2n) is 6.14. The third kappa shape index (κ3) is 4.71. The van der Waals surface area contributed by atoms with Gasteiger partial charge in [0.05, 0.1) is 5.92 Å². The van der Waals surface area contributed by atoms with Crippen LogP contribution in [0.4, 0.5) is 5.69 Å². The summed E-state index contributed by atoms with van der Waals surface area (Å²) >= 11 is 0. The Morgan fingerprint density at radius 2 is 1.79 bits per heavy atom. The molecule has 0 heterocycles. The smallest absolute Gasteiger partial charge is 0.306 e. The number of hydrogen-bond acceptors (Lipinski definition) is 4. The molecular formula is C17H22N2O5. The van der Waals surface area contributed by atoms with Crippen LogP contribution < -0.4 is 10.1 Å². The molecule has 0 radical (unpaired) electrons. The molecule has 7 nitrogen and oxygen atoms in total. The zero-order chi connectivity index (χ0) is 17.7. The van der Waals surface area contributed by atoms with E-state index in [1.165, 1.54) is 4.90 Å². The number of carbonyl (C=O) groups excluding carboxylic acids is 2. The molecule has 0 aromatic heterocycles. The molecule has 1 aromatic carbocycles. The van der Waals surface area contributed by atoms with E-state index in [0.29, 0.717) is 30.7 Å². The van der Waals surface area contributed by atoms with Crippen molar-refractivity contribution < 1.29 is 24.2 Å². The number of anilines is 1. The molecule has 0 unspecified atom stereocenters. The molecule has 130 valence electrons. The van der Waals surface area contributed by atoms with Crippen molar-refractivity contribution in [3.63, 3.8) is 0 Å². The first-order chi connectivity index (χ1) is 11.4. The Hall–Kier alpha value is -2.57. The van der Waals surface area contributed by atoms with Crippen molar-refractivity contribution in [3.05, 3.63) is 24.3 Å². The van der Waals surface area contributed by atoms with Crippen LogP contribution in [0.2, 0.25) is 0 Å². The number of carboxylic acids is 1. The maximum Gasteiger partial charge on any atom is 0.306 e. The van der Waals surface area contributed by atoms with Crippen molar-refractivity contribution in [2.24, 2.45) is 11.8 Å². The van der Waals surface area contributed by atoms with Crippen LogP contribution in [0.5, 0.6) is 5.75 Å². The Bertz CT molecular complexity index is 612. The fourth-order valence-corrected chi connectivity index (χ4v) is 2.60. The summed E-state index contributed by atoms with van der Waals surface area (Å²) in [6.07, 6.45) is 1.52. The highest BCUT2D eigenvalue weighted by atomic mass is 16.5. The van der Waals surface area contributed by atoms with Crippen LogP contribution in [-0.2, 0) is 14.4 Å². The van der Waals surface area contributed by atoms with E-state index in [1.807, 2.05) is 0 Å². The number of nitrogens with zero attached hydrogens (tertiary/aromatic N) is 1. The van der Waals surface area contributed by atoms with Gasteiger partial charge in [0.15, 0.2) is 6.61 Å². The number of carboxylic acid groups (broad SMARTS) is 1. The average molecular weight is 334 g/mol. The van der Waals surface area contributed by atoms with Crippen LogP contribution in [0.15, 0.2) is 24.3 Å². The lowest BCUT2D eigenvalue weighted by molar-refractivity contribution is -0.141. The minimum absolute atomic E-state index is 0.0443. The molecule has 2 atom stereocenters. The van der Waals surface area contributed by atoms with E-state index in [1.54, 1.807) is 38.4 Å². The predicted molar refractivity (Wildman–Crippen MR) is 87.7 cm³/mol. The number of ether oxygens (including phenoxy) is 1. The van der Waals surface area contributed by atoms with E-state index < -0.39 is 11.9 Å². The number of benzene rings is 1. The third-order valence-corrected chi connectivity index (χ3v) is 4.14. The Balaban J connectivity index is 1.84. The average Bonchev–Trinajstić information content (AvgIpc) is 3.04. The highest BCUT2D eigenvalue weighted by molar-refractivity contribution is 5.93. The maximum atomic E-state index is 12.2. The van der Waals surface area contributed by atoms with Crippen molar-refractivity contribution >= 4 is 23.5 Å². The maximum absolute atomic E-state index is 12.2. The summed E-state index contributed by atoms with van der Waals surface area (Å²) in [5, 5.41) is 11.8. The Labute approximate surface area is 140 Å². The lowest BCUT2D eigenvalue weighted by atomic mass is 10.0. The van der Waals surface area contributed by atoms with Gasteiger partial charge in [-0.3, -0.25) is 14.4 Å². The largest absolute Gasteiger partial charge is 0.484 e. The number of rotatable bonds is 6.